The monoisotopic (exact) mass is 377 g/mol. The Morgan fingerprint density at radius 1 is 1.31 bits per heavy atom. The summed E-state index contributed by atoms with van der Waals surface area (Å²) < 4.78 is 77.5. The average Bonchev–Trinajstić information content (AvgIpc) is 2.95. The number of benzene rings is 1. The van der Waals surface area contributed by atoms with E-state index in [0.29, 0.717) is 6.07 Å². The minimum Gasteiger partial charge on any atom is -0.342 e. The zero-order valence-electron chi connectivity index (χ0n) is 13.6. The Bertz CT molecular complexity index is 789. The second-order valence-electron chi connectivity index (χ2n) is 5.82. The van der Waals surface area contributed by atoms with Crippen molar-refractivity contribution in [2.75, 3.05) is 12.4 Å². The van der Waals surface area contributed by atoms with E-state index in [2.05, 4.69) is 20.5 Å². The van der Waals surface area contributed by atoms with E-state index in [1.165, 1.54) is 26.1 Å². The molecule has 0 saturated carbocycles. The van der Waals surface area contributed by atoms with Crippen LogP contribution < -0.4 is 5.32 Å². The highest BCUT2D eigenvalue weighted by molar-refractivity contribution is 6.02. The van der Waals surface area contributed by atoms with Crippen molar-refractivity contribution in [1.82, 2.24) is 0 Å². The van der Waals surface area contributed by atoms with Crippen molar-refractivity contribution in [3.63, 3.8) is 0 Å². The molecule has 2 atom stereocenters. The molecule has 1 heterocycles. The number of hydrogen-bond acceptors (Lipinski definition) is 4. The van der Waals surface area contributed by atoms with Gasteiger partial charge < -0.3 is 5.32 Å². The fourth-order valence-electron chi connectivity index (χ4n) is 2.50. The normalized spacial score (nSPS) is 23.8. The predicted molar refractivity (Wildman–Crippen MR) is 80.9 cm³/mol. The van der Waals surface area contributed by atoms with E-state index in [1.807, 2.05) is 0 Å². The lowest BCUT2D eigenvalue weighted by Crippen LogP contribution is -2.40. The van der Waals surface area contributed by atoms with Crippen LogP contribution in [0.1, 0.15) is 24.5 Å². The Hall–Kier alpha value is -2.64. The fraction of sp³-hybridized carbons (Fsp3) is 0.467. The second-order valence-corrected chi connectivity index (χ2v) is 5.82. The number of aliphatic imine (C=N–C) groups is 1. The van der Waals surface area contributed by atoms with Gasteiger partial charge in [-0.25, -0.2) is 0 Å². The van der Waals surface area contributed by atoms with Gasteiger partial charge in [0, 0.05) is 19.2 Å². The third kappa shape index (κ3) is 3.95. The Balaban J connectivity index is 2.30. The van der Waals surface area contributed by atoms with Crippen LogP contribution in [0.15, 0.2) is 33.4 Å². The molecule has 1 N–H and O–H groups in total. The van der Waals surface area contributed by atoms with Crippen LogP contribution in [0.4, 0.5) is 32.0 Å². The molecule has 1 aromatic carbocycles. The van der Waals surface area contributed by atoms with Crippen LogP contribution in [-0.2, 0) is 6.18 Å². The first-order chi connectivity index (χ1) is 11.9. The van der Waals surface area contributed by atoms with E-state index in [1.54, 1.807) is 0 Å². The van der Waals surface area contributed by atoms with Crippen LogP contribution in [0.2, 0.25) is 0 Å². The molecule has 11 heteroatoms. The molecule has 1 aliphatic heterocycles. The van der Waals surface area contributed by atoms with Crippen LogP contribution in [0, 0.1) is 11.3 Å². The number of hydrogen-bond donors (Lipinski definition) is 1. The topological polar surface area (TPSA) is 72.9 Å². The highest BCUT2D eigenvalue weighted by Gasteiger charge is 2.50. The van der Waals surface area contributed by atoms with Crippen molar-refractivity contribution < 1.29 is 26.3 Å². The molecule has 0 aliphatic carbocycles. The van der Waals surface area contributed by atoms with Crippen molar-refractivity contribution in [2.24, 2.45) is 15.2 Å². The summed E-state index contributed by atoms with van der Waals surface area (Å²) in [7, 11) is 1.28. The van der Waals surface area contributed by atoms with Gasteiger partial charge in [0.2, 0.25) is 0 Å². The van der Waals surface area contributed by atoms with Gasteiger partial charge >= 0.3 is 12.4 Å². The van der Waals surface area contributed by atoms with Crippen LogP contribution in [0.5, 0.6) is 0 Å². The summed E-state index contributed by atoms with van der Waals surface area (Å²) in [4.78, 5) is 3.83. The van der Waals surface area contributed by atoms with Gasteiger partial charge in [-0.3, -0.25) is 4.99 Å². The van der Waals surface area contributed by atoms with Crippen LogP contribution >= 0.6 is 0 Å². The summed E-state index contributed by atoms with van der Waals surface area (Å²) in [5.74, 6) is -0.0640. The van der Waals surface area contributed by atoms with Gasteiger partial charge in [-0.1, -0.05) is 0 Å². The molecular weight excluding hydrogens is 364 g/mol. The van der Waals surface area contributed by atoms with Gasteiger partial charge in [-0.05, 0) is 25.1 Å². The van der Waals surface area contributed by atoms with Crippen LogP contribution in [0.25, 0.3) is 0 Å². The molecule has 0 radical (unpaired) electrons. The number of azo groups is 1. The van der Waals surface area contributed by atoms with Gasteiger partial charge in [0.05, 0.1) is 17.2 Å². The number of nitriles is 1. The van der Waals surface area contributed by atoms with E-state index in [0.717, 1.165) is 6.07 Å². The molecule has 1 aromatic rings. The summed E-state index contributed by atoms with van der Waals surface area (Å²) in [5, 5.41) is 18.2. The van der Waals surface area contributed by atoms with Crippen LogP contribution in [-0.4, -0.2) is 30.6 Å². The van der Waals surface area contributed by atoms with Crippen molar-refractivity contribution in [2.45, 2.75) is 37.3 Å². The minimum atomic E-state index is -4.76. The maximum atomic E-state index is 13.0. The van der Waals surface area contributed by atoms with Gasteiger partial charge in [0.25, 0.3) is 0 Å². The summed E-state index contributed by atoms with van der Waals surface area (Å²) in [5.41, 5.74) is -3.26. The maximum absolute atomic E-state index is 13.0. The number of rotatable bonds is 2. The summed E-state index contributed by atoms with van der Waals surface area (Å²) >= 11 is 0. The molecule has 0 aromatic heterocycles. The smallest absolute Gasteiger partial charge is 0.342 e. The number of nitrogens with zero attached hydrogens (tertiary/aromatic N) is 4. The maximum Gasteiger partial charge on any atom is 0.417 e. The molecule has 0 amide bonds. The third-order valence-corrected chi connectivity index (χ3v) is 3.83. The molecule has 5 nitrogen and oxygen atoms in total. The first-order valence-corrected chi connectivity index (χ1v) is 7.25. The van der Waals surface area contributed by atoms with Gasteiger partial charge in [-0.15, -0.1) is 0 Å². The zero-order valence-corrected chi connectivity index (χ0v) is 13.6. The third-order valence-electron chi connectivity index (χ3n) is 3.83. The number of anilines is 1. The summed E-state index contributed by atoms with van der Waals surface area (Å²) in [6.07, 6.45) is -9.85. The molecule has 0 saturated heterocycles. The Morgan fingerprint density at radius 3 is 2.42 bits per heavy atom. The molecule has 0 spiro atoms. The quantitative estimate of drug-likeness (QED) is 0.466. The molecule has 2 rings (SSSR count). The zero-order chi connectivity index (χ0) is 19.8. The number of amidine groups is 1. The molecule has 0 bridgehead atoms. The van der Waals surface area contributed by atoms with Gasteiger partial charge in [0.15, 0.2) is 6.04 Å². The van der Waals surface area contributed by atoms with E-state index < -0.39 is 41.5 Å². The summed E-state index contributed by atoms with van der Waals surface area (Å²) in [6.45, 7) is 1.35. The SMILES string of the molecule is CN=C(Nc1ccc(C#N)c(C(F)(F)F)c1)C1(C)CC(C(F)(F)F)N=N1. The van der Waals surface area contributed by atoms with E-state index >= 15 is 0 Å². The highest BCUT2D eigenvalue weighted by atomic mass is 19.4. The molecule has 140 valence electrons. The number of alkyl halides is 6. The molecule has 1 aliphatic rings. The average molecular weight is 377 g/mol. The lowest BCUT2D eigenvalue weighted by Gasteiger charge is -2.24. The fourth-order valence-corrected chi connectivity index (χ4v) is 2.50. The van der Waals surface area contributed by atoms with Gasteiger partial charge in [0.1, 0.15) is 11.4 Å². The standard InChI is InChI=1S/C15H13F6N5/c1-13(6-11(25-26-13)15(19,20)21)12(23-2)24-9-4-3-8(7-22)10(5-9)14(16,17)18/h3-5,11H,6H2,1-2H3,(H,23,24). The largest absolute Gasteiger partial charge is 0.417 e. The van der Waals surface area contributed by atoms with E-state index in [9.17, 15) is 26.3 Å². The minimum absolute atomic E-state index is 0.0640. The highest BCUT2D eigenvalue weighted by Crippen LogP contribution is 2.38. The molecule has 26 heavy (non-hydrogen) atoms. The lowest BCUT2D eigenvalue weighted by atomic mass is 9.93. The number of nitrogens with one attached hydrogen (secondary N) is 1. The van der Waals surface area contributed by atoms with Crippen LogP contribution in [0.3, 0.4) is 0 Å². The summed E-state index contributed by atoms with van der Waals surface area (Å²) in [6, 6.07) is 2.31. The van der Waals surface area contributed by atoms with Crippen molar-refractivity contribution in [1.29, 1.82) is 5.26 Å². The van der Waals surface area contributed by atoms with Crippen molar-refractivity contribution >= 4 is 11.5 Å². The van der Waals surface area contributed by atoms with Crippen molar-refractivity contribution in [3.8, 4) is 6.07 Å². The van der Waals surface area contributed by atoms with Crippen molar-refractivity contribution in [3.05, 3.63) is 29.3 Å². The Kier molecular flexibility index (Phi) is 4.98. The van der Waals surface area contributed by atoms with E-state index in [-0.39, 0.29) is 11.5 Å². The molecular formula is C15H13F6N5. The first kappa shape index (κ1) is 19.7. The Labute approximate surface area is 144 Å². The molecule has 0 fully saturated rings. The Morgan fingerprint density at radius 2 is 1.96 bits per heavy atom. The molecule has 2 unspecified atom stereocenters. The predicted octanol–water partition coefficient (Wildman–Crippen LogP) is 4.56. The van der Waals surface area contributed by atoms with Gasteiger partial charge in [-0.2, -0.15) is 41.8 Å². The van der Waals surface area contributed by atoms with E-state index in [4.69, 9.17) is 5.26 Å². The number of halogens is 6. The lowest BCUT2D eigenvalue weighted by molar-refractivity contribution is -0.147. The first-order valence-electron chi connectivity index (χ1n) is 7.25. The second kappa shape index (κ2) is 6.59.